The molecule has 1 amide bonds. The highest BCUT2D eigenvalue weighted by atomic mass is 16.7. The summed E-state index contributed by atoms with van der Waals surface area (Å²) in [7, 11) is -0.496. The molecule has 0 aliphatic carbocycles. The number of aromatic nitrogens is 1. The van der Waals surface area contributed by atoms with Crippen LogP contribution in [0.4, 0.5) is 4.79 Å². The Morgan fingerprint density at radius 1 is 1.20 bits per heavy atom. The Labute approximate surface area is 179 Å². The number of Topliss-reactive ketones (excluding diaryl/α,β-unsaturated/α-hetero) is 1. The van der Waals surface area contributed by atoms with E-state index >= 15 is 0 Å². The third-order valence-corrected chi connectivity index (χ3v) is 6.01. The van der Waals surface area contributed by atoms with Crippen molar-refractivity contribution in [3.8, 4) is 0 Å². The van der Waals surface area contributed by atoms with E-state index in [1.54, 1.807) is 17.2 Å². The lowest BCUT2D eigenvalue weighted by Crippen LogP contribution is -2.41. The molecule has 8 heteroatoms. The predicted molar refractivity (Wildman–Crippen MR) is 115 cm³/mol. The zero-order valence-corrected chi connectivity index (χ0v) is 19.2. The summed E-state index contributed by atoms with van der Waals surface area (Å²) in [5.41, 5.74) is -0.148. The van der Waals surface area contributed by atoms with Gasteiger partial charge < -0.3 is 18.9 Å². The molecule has 0 bridgehead atoms. The molecule has 1 atom stereocenters. The van der Waals surface area contributed by atoms with Crippen molar-refractivity contribution in [3.63, 3.8) is 0 Å². The van der Waals surface area contributed by atoms with Crippen LogP contribution in [0.2, 0.25) is 0 Å². The topological polar surface area (TPSA) is 78.0 Å². The summed E-state index contributed by atoms with van der Waals surface area (Å²) < 4.78 is 17.5. The molecule has 0 saturated carbocycles. The molecule has 2 aliphatic heterocycles. The Morgan fingerprint density at radius 2 is 1.83 bits per heavy atom. The first-order chi connectivity index (χ1) is 13.8. The van der Waals surface area contributed by atoms with E-state index in [-0.39, 0.29) is 17.8 Å². The lowest BCUT2D eigenvalue weighted by molar-refractivity contribution is 0.00578. The number of nitrogens with zero attached hydrogens (tertiary/aromatic N) is 2. The first-order valence-corrected chi connectivity index (χ1v) is 10.6. The van der Waals surface area contributed by atoms with E-state index in [4.69, 9.17) is 14.0 Å². The Bertz CT molecular complexity index is 785. The number of pyridine rings is 1. The fourth-order valence-electron chi connectivity index (χ4n) is 3.55. The number of ketones is 1. The lowest BCUT2D eigenvalue weighted by atomic mass is 9.80. The van der Waals surface area contributed by atoms with Gasteiger partial charge in [-0.1, -0.05) is 6.07 Å². The number of rotatable bonds is 4. The monoisotopic (exact) mass is 416 g/mol. The molecule has 7 nitrogen and oxygen atoms in total. The van der Waals surface area contributed by atoms with Crippen LogP contribution in [0.25, 0.3) is 0 Å². The van der Waals surface area contributed by atoms with E-state index in [0.717, 1.165) is 11.9 Å². The molecule has 0 spiro atoms. The van der Waals surface area contributed by atoms with Gasteiger partial charge in [-0.25, -0.2) is 4.79 Å². The fourth-order valence-corrected chi connectivity index (χ4v) is 3.55. The first kappa shape index (κ1) is 22.8. The maximum absolute atomic E-state index is 12.7. The maximum Gasteiger partial charge on any atom is 0.496 e. The summed E-state index contributed by atoms with van der Waals surface area (Å²) in [6.45, 7) is 14.7. The fraction of sp³-hybridized carbons (Fsp3) is 0.682. The second-order valence-electron chi connectivity index (χ2n) is 10.3. The highest BCUT2D eigenvalue weighted by molar-refractivity contribution is 6.62. The van der Waals surface area contributed by atoms with Crippen LogP contribution in [0.15, 0.2) is 18.3 Å². The molecule has 3 rings (SSSR count). The van der Waals surface area contributed by atoms with Gasteiger partial charge in [-0.05, 0) is 66.9 Å². The van der Waals surface area contributed by atoms with E-state index in [2.05, 4.69) is 4.98 Å². The highest BCUT2D eigenvalue weighted by Gasteiger charge is 2.51. The lowest BCUT2D eigenvalue weighted by Gasteiger charge is -2.32. The Morgan fingerprint density at radius 3 is 2.37 bits per heavy atom. The standard InChI is InChI=1S/C22H33BN2O5/c1-20(2,3)28-19(27)25-11-10-15(14-25)12-18(26)17-9-8-16(13-24-17)23-29-21(4,5)22(6,7)30-23/h8-9,13,15H,10-12,14H2,1-7H3/t15-/m0/s1. The summed E-state index contributed by atoms with van der Waals surface area (Å²) in [6.07, 6.45) is 2.48. The molecule has 1 aromatic heterocycles. The van der Waals surface area contributed by atoms with E-state index in [1.165, 1.54) is 0 Å². The van der Waals surface area contributed by atoms with Gasteiger partial charge in [-0.3, -0.25) is 9.78 Å². The second-order valence-corrected chi connectivity index (χ2v) is 10.3. The smallest absolute Gasteiger partial charge is 0.444 e. The third kappa shape index (κ3) is 5.03. The minimum atomic E-state index is -0.520. The molecule has 30 heavy (non-hydrogen) atoms. The van der Waals surface area contributed by atoms with Crippen molar-refractivity contribution in [2.45, 2.75) is 78.1 Å². The van der Waals surface area contributed by atoms with Crippen molar-refractivity contribution >= 4 is 24.5 Å². The maximum atomic E-state index is 12.7. The van der Waals surface area contributed by atoms with E-state index in [0.29, 0.717) is 25.2 Å². The summed E-state index contributed by atoms with van der Waals surface area (Å²) >= 11 is 0. The van der Waals surface area contributed by atoms with Crippen LogP contribution in [-0.2, 0) is 14.0 Å². The molecule has 0 radical (unpaired) electrons. The van der Waals surface area contributed by atoms with Crippen LogP contribution in [0.3, 0.4) is 0 Å². The molecule has 2 saturated heterocycles. The summed E-state index contributed by atoms with van der Waals surface area (Å²) in [5.74, 6) is 0.0982. The zero-order chi connectivity index (χ0) is 22.3. The van der Waals surface area contributed by atoms with Crippen molar-refractivity contribution in [1.29, 1.82) is 0 Å². The molecule has 164 valence electrons. The van der Waals surface area contributed by atoms with Gasteiger partial charge in [0.2, 0.25) is 0 Å². The van der Waals surface area contributed by atoms with Gasteiger partial charge in [0.25, 0.3) is 0 Å². The van der Waals surface area contributed by atoms with Crippen molar-refractivity contribution in [1.82, 2.24) is 9.88 Å². The van der Waals surface area contributed by atoms with Gasteiger partial charge >= 0.3 is 13.2 Å². The van der Waals surface area contributed by atoms with Gasteiger partial charge in [0.15, 0.2) is 5.78 Å². The van der Waals surface area contributed by atoms with Gasteiger partial charge in [0.05, 0.1) is 11.2 Å². The normalized spacial score (nSPS) is 23.0. The Balaban J connectivity index is 1.55. The molecule has 2 fully saturated rings. The molecule has 3 heterocycles. The molecular formula is C22H33BN2O5. The van der Waals surface area contributed by atoms with Crippen LogP contribution in [0, 0.1) is 5.92 Å². The predicted octanol–water partition coefficient (Wildman–Crippen LogP) is 3.21. The number of ether oxygens (including phenoxy) is 1. The number of hydrogen-bond acceptors (Lipinski definition) is 6. The highest BCUT2D eigenvalue weighted by Crippen LogP contribution is 2.36. The molecule has 0 aromatic carbocycles. The minimum Gasteiger partial charge on any atom is -0.444 e. The van der Waals surface area contributed by atoms with E-state index in [1.807, 2.05) is 54.5 Å². The molecule has 0 unspecified atom stereocenters. The summed E-state index contributed by atoms with van der Waals surface area (Å²) in [4.78, 5) is 30.9. The van der Waals surface area contributed by atoms with E-state index in [9.17, 15) is 9.59 Å². The van der Waals surface area contributed by atoms with Crippen LogP contribution >= 0.6 is 0 Å². The number of carbonyl (C=O) groups excluding carboxylic acids is 2. The van der Waals surface area contributed by atoms with Crippen molar-refractivity contribution in [2.75, 3.05) is 13.1 Å². The molecule has 0 N–H and O–H groups in total. The van der Waals surface area contributed by atoms with Crippen molar-refractivity contribution in [2.24, 2.45) is 5.92 Å². The zero-order valence-electron chi connectivity index (χ0n) is 19.2. The molecule has 2 aliphatic rings. The van der Waals surface area contributed by atoms with Crippen LogP contribution in [0.1, 0.15) is 71.8 Å². The van der Waals surface area contributed by atoms with Crippen LogP contribution in [0.5, 0.6) is 0 Å². The van der Waals surface area contributed by atoms with Gasteiger partial charge in [-0.15, -0.1) is 0 Å². The third-order valence-electron chi connectivity index (χ3n) is 6.01. The molecular weight excluding hydrogens is 383 g/mol. The minimum absolute atomic E-state index is 0.0218. The van der Waals surface area contributed by atoms with Gasteiger partial charge in [-0.2, -0.15) is 0 Å². The van der Waals surface area contributed by atoms with E-state index < -0.39 is 23.9 Å². The quantitative estimate of drug-likeness (QED) is 0.554. The first-order valence-electron chi connectivity index (χ1n) is 10.6. The van der Waals surface area contributed by atoms with Crippen molar-refractivity contribution in [3.05, 3.63) is 24.0 Å². The Kier molecular flexibility index (Phi) is 6.04. The largest absolute Gasteiger partial charge is 0.496 e. The number of amides is 1. The Hall–Kier alpha value is -1.93. The number of hydrogen-bond donors (Lipinski definition) is 0. The summed E-state index contributed by atoms with van der Waals surface area (Å²) in [5, 5.41) is 0. The van der Waals surface area contributed by atoms with Crippen molar-refractivity contribution < 1.29 is 23.6 Å². The number of carbonyl (C=O) groups is 2. The molecule has 1 aromatic rings. The van der Waals surface area contributed by atoms with Crippen LogP contribution in [-0.4, -0.2) is 58.8 Å². The van der Waals surface area contributed by atoms with Crippen LogP contribution < -0.4 is 5.46 Å². The second kappa shape index (κ2) is 7.96. The average Bonchev–Trinajstić information content (AvgIpc) is 3.16. The van der Waals surface area contributed by atoms with Gasteiger partial charge in [0.1, 0.15) is 11.3 Å². The number of likely N-dealkylation sites (tertiary alicyclic amines) is 1. The summed E-state index contributed by atoms with van der Waals surface area (Å²) in [6, 6.07) is 3.56. The van der Waals surface area contributed by atoms with Gasteiger partial charge in [0, 0.05) is 31.2 Å². The SMILES string of the molecule is CC(C)(C)OC(=O)N1CC[C@@H](CC(=O)c2ccc(B3OC(C)(C)C(C)(C)O3)cn2)C1. The average molecular weight is 416 g/mol.